The summed E-state index contributed by atoms with van der Waals surface area (Å²) < 4.78 is 0. The number of nitriles is 1. The molecule has 0 aliphatic heterocycles. The van der Waals surface area contributed by atoms with Crippen molar-refractivity contribution in [1.29, 1.82) is 5.26 Å². The van der Waals surface area contributed by atoms with E-state index in [1.165, 1.54) is 18.2 Å². The minimum atomic E-state index is -0.428. The smallest absolute Gasteiger partial charge is 0.255 e. The van der Waals surface area contributed by atoms with Gasteiger partial charge in [-0.3, -0.25) is 4.79 Å². The average molecular weight is 422 g/mol. The highest BCUT2D eigenvalue weighted by Crippen LogP contribution is 2.39. The van der Waals surface area contributed by atoms with E-state index in [2.05, 4.69) is 33.1 Å². The van der Waals surface area contributed by atoms with Crippen LogP contribution in [-0.2, 0) is 5.41 Å². The van der Waals surface area contributed by atoms with Crippen LogP contribution in [0.3, 0.4) is 0 Å². The molecule has 0 saturated heterocycles. The van der Waals surface area contributed by atoms with Crippen LogP contribution in [0.25, 0.3) is 0 Å². The fourth-order valence-electron chi connectivity index (χ4n) is 4.14. The number of amides is 1. The third-order valence-electron chi connectivity index (χ3n) is 5.92. The number of hydrogen-bond donors (Lipinski definition) is 5. The van der Waals surface area contributed by atoms with E-state index < -0.39 is 11.7 Å². The van der Waals surface area contributed by atoms with Crippen molar-refractivity contribution in [3.63, 3.8) is 0 Å². The summed E-state index contributed by atoms with van der Waals surface area (Å²) in [5.41, 5.74) is 0.937. The summed E-state index contributed by atoms with van der Waals surface area (Å²) in [5.74, 6) is -0.718. The molecule has 0 bridgehead atoms. The number of aliphatic imine (C=N–C) groups is 1. The Morgan fingerprint density at radius 3 is 2.52 bits per heavy atom. The number of guanidine groups is 1. The number of phenols is 2. The van der Waals surface area contributed by atoms with Gasteiger partial charge in [-0.05, 0) is 43.4 Å². The van der Waals surface area contributed by atoms with Gasteiger partial charge in [-0.2, -0.15) is 5.26 Å². The van der Waals surface area contributed by atoms with Gasteiger partial charge in [-0.25, -0.2) is 0 Å². The molecule has 1 aliphatic rings. The van der Waals surface area contributed by atoms with Crippen molar-refractivity contribution in [2.75, 3.05) is 13.6 Å². The Bertz CT molecular complexity index is 976. The predicted octanol–water partition coefficient (Wildman–Crippen LogP) is 2.35. The van der Waals surface area contributed by atoms with E-state index in [0.717, 1.165) is 31.2 Å². The molecule has 0 atom stereocenters. The van der Waals surface area contributed by atoms with Crippen LogP contribution in [0.15, 0.2) is 53.5 Å². The van der Waals surface area contributed by atoms with Crippen LogP contribution in [0, 0.1) is 11.5 Å². The van der Waals surface area contributed by atoms with Crippen LogP contribution >= 0.6 is 0 Å². The maximum atomic E-state index is 12.7. The summed E-state index contributed by atoms with van der Waals surface area (Å²) in [6, 6.07) is 14.6. The van der Waals surface area contributed by atoms with Gasteiger partial charge in [0.15, 0.2) is 11.5 Å². The number of phenolic OH excluding ortho intramolecular Hbond substituents is 2. The van der Waals surface area contributed by atoms with Crippen molar-refractivity contribution >= 4 is 11.9 Å². The lowest BCUT2D eigenvalue weighted by Gasteiger charge is -2.41. The van der Waals surface area contributed by atoms with Crippen molar-refractivity contribution in [2.24, 2.45) is 4.99 Å². The van der Waals surface area contributed by atoms with Crippen LogP contribution in [-0.4, -0.2) is 41.7 Å². The van der Waals surface area contributed by atoms with Gasteiger partial charge in [0.05, 0.1) is 5.56 Å². The number of aromatic hydroxyl groups is 2. The molecule has 1 amide bonds. The molecule has 31 heavy (non-hydrogen) atoms. The molecule has 1 fully saturated rings. The first-order chi connectivity index (χ1) is 15.0. The first-order valence-corrected chi connectivity index (χ1v) is 10.2. The molecule has 0 unspecified atom stereocenters. The SMILES string of the molecule is CN/C(=N\C#N)N[C@H]1CC[C@](CNC(=O)c2cccc(O)c2O)(c2ccccc2)CC1. The number of nitrogens with zero attached hydrogens (tertiary/aromatic N) is 2. The monoisotopic (exact) mass is 421 g/mol. The highest BCUT2D eigenvalue weighted by Gasteiger charge is 2.37. The van der Waals surface area contributed by atoms with Crippen molar-refractivity contribution in [3.8, 4) is 17.7 Å². The summed E-state index contributed by atoms with van der Waals surface area (Å²) in [6.07, 6.45) is 5.12. The molecule has 0 aromatic heterocycles. The molecule has 8 heteroatoms. The summed E-state index contributed by atoms with van der Waals surface area (Å²) in [4.78, 5) is 16.4. The Morgan fingerprint density at radius 2 is 1.87 bits per heavy atom. The minimum Gasteiger partial charge on any atom is -0.504 e. The van der Waals surface area contributed by atoms with Gasteiger partial charge in [-0.15, -0.1) is 4.99 Å². The molecular formula is C23H27N5O3. The summed E-state index contributed by atoms with van der Waals surface area (Å²) in [5, 5.41) is 37.6. The van der Waals surface area contributed by atoms with E-state index in [-0.39, 0.29) is 22.8 Å². The van der Waals surface area contributed by atoms with Crippen molar-refractivity contribution < 1.29 is 15.0 Å². The molecule has 0 heterocycles. The van der Waals surface area contributed by atoms with Crippen LogP contribution in [0.5, 0.6) is 11.5 Å². The fourth-order valence-corrected chi connectivity index (χ4v) is 4.14. The molecule has 0 radical (unpaired) electrons. The largest absolute Gasteiger partial charge is 0.504 e. The number of para-hydroxylation sites is 1. The van der Waals surface area contributed by atoms with Gasteiger partial charge in [-0.1, -0.05) is 36.4 Å². The normalized spacial score (nSPS) is 21.0. The molecule has 2 aromatic carbocycles. The van der Waals surface area contributed by atoms with Crippen LogP contribution < -0.4 is 16.0 Å². The second-order valence-corrected chi connectivity index (χ2v) is 7.73. The summed E-state index contributed by atoms with van der Waals surface area (Å²) >= 11 is 0. The van der Waals surface area contributed by atoms with E-state index in [1.807, 2.05) is 18.2 Å². The van der Waals surface area contributed by atoms with E-state index >= 15 is 0 Å². The Morgan fingerprint density at radius 1 is 1.16 bits per heavy atom. The lowest BCUT2D eigenvalue weighted by molar-refractivity contribution is 0.0931. The third kappa shape index (κ3) is 5.07. The molecule has 1 saturated carbocycles. The van der Waals surface area contributed by atoms with Crippen molar-refractivity contribution in [2.45, 2.75) is 37.1 Å². The zero-order valence-corrected chi connectivity index (χ0v) is 17.4. The van der Waals surface area contributed by atoms with E-state index in [4.69, 9.17) is 5.26 Å². The van der Waals surface area contributed by atoms with Gasteiger partial charge in [0.2, 0.25) is 12.2 Å². The van der Waals surface area contributed by atoms with Gasteiger partial charge < -0.3 is 26.2 Å². The van der Waals surface area contributed by atoms with Crippen LogP contribution in [0.4, 0.5) is 0 Å². The Labute approximate surface area is 181 Å². The van der Waals surface area contributed by atoms with Crippen LogP contribution in [0.1, 0.15) is 41.6 Å². The number of rotatable bonds is 5. The highest BCUT2D eigenvalue weighted by atomic mass is 16.3. The van der Waals surface area contributed by atoms with E-state index in [1.54, 1.807) is 13.2 Å². The number of carbonyl (C=O) groups is 1. The lowest BCUT2D eigenvalue weighted by atomic mass is 9.68. The standard InChI is InChI=1S/C23H27N5O3/c1-25-22(27-15-24)28-17-10-12-23(13-11-17,16-6-3-2-4-7-16)14-26-21(31)18-8-5-9-19(29)20(18)30/h2-9,17,29-30H,10-14H2,1H3,(H,26,31)(H2,25,27,28)/t17-,23-. The number of nitrogens with one attached hydrogen (secondary N) is 3. The molecule has 0 spiro atoms. The van der Waals surface area contributed by atoms with Gasteiger partial charge in [0.25, 0.3) is 5.91 Å². The lowest BCUT2D eigenvalue weighted by Crippen LogP contribution is -2.49. The third-order valence-corrected chi connectivity index (χ3v) is 5.92. The molecule has 5 N–H and O–H groups in total. The second-order valence-electron chi connectivity index (χ2n) is 7.73. The zero-order valence-electron chi connectivity index (χ0n) is 17.4. The molecular weight excluding hydrogens is 394 g/mol. The number of benzene rings is 2. The first-order valence-electron chi connectivity index (χ1n) is 10.2. The van der Waals surface area contributed by atoms with Crippen molar-refractivity contribution in [3.05, 3.63) is 59.7 Å². The Hall–Kier alpha value is -3.73. The fraction of sp³-hybridized carbons (Fsp3) is 0.348. The maximum absolute atomic E-state index is 12.7. The molecule has 1 aliphatic carbocycles. The first kappa shape index (κ1) is 22.0. The number of carbonyl (C=O) groups excluding carboxylic acids is 1. The Kier molecular flexibility index (Phi) is 6.98. The average Bonchev–Trinajstić information content (AvgIpc) is 2.80. The molecule has 162 valence electrons. The predicted molar refractivity (Wildman–Crippen MR) is 118 cm³/mol. The Balaban J connectivity index is 1.74. The maximum Gasteiger partial charge on any atom is 0.255 e. The van der Waals surface area contributed by atoms with E-state index in [9.17, 15) is 15.0 Å². The van der Waals surface area contributed by atoms with Crippen LogP contribution in [0.2, 0.25) is 0 Å². The summed E-state index contributed by atoms with van der Waals surface area (Å²) in [7, 11) is 1.71. The minimum absolute atomic E-state index is 0.0462. The molecule has 3 rings (SSSR count). The topological polar surface area (TPSA) is 130 Å². The number of hydrogen-bond acceptors (Lipinski definition) is 5. The second kappa shape index (κ2) is 9.85. The van der Waals surface area contributed by atoms with Gasteiger partial charge in [0, 0.05) is 25.0 Å². The van der Waals surface area contributed by atoms with Gasteiger partial charge >= 0.3 is 0 Å². The summed E-state index contributed by atoms with van der Waals surface area (Å²) in [6.45, 7) is 0.406. The molecule has 2 aromatic rings. The van der Waals surface area contributed by atoms with Crippen molar-refractivity contribution in [1.82, 2.24) is 16.0 Å². The highest BCUT2D eigenvalue weighted by molar-refractivity contribution is 5.97. The quantitative estimate of drug-likeness (QED) is 0.218. The van der Waals surface area contributed by atoms with E-state index in [0.29, 0.717) is 12.5 Å². The zero-order chi connectivity index (χ0) is 22.3. The molecule has 8 nitrogen and oxygen atoms in total. The van der Waals surface area contributed by atoms with Gasteiger partial charge in [0.1, 0.15) is 0 Å².